The molecule has 1 aliphatic heterocycles. The van der Waals surface area contributed by atoms with E-state index in [2.05, 4.69) is 47.4 Å². The summed E-state index contributed by atoms with van der Waals surface area (Å²) in [6, 6.07) is 19.4. The zero-order valence-electron chi connectivity index (χ0n) is 16.6. The number of aromatic nitrogens is 1. The zero-order chi connectivity index (χ0) is 19.6. The molecular formula is C26H25ClN2. The number of likely N-dealkylation sites (tertiary alicyclic amines) is 1. The first-order chi connectivity index (χ1) is 14.3. The van der Waals surface area contributed by atoms with Crippen molar-refractivity contribution >= 4 is 17.2 Å². The molecule has 0 amide bonds. The van der Waals surface area contributed by atoms with Crippen molar-refractivity contribution in [1.29, 1.82) is 0 Å². The highest BCUT2D eigenvalue weighted by molar-refractivity contribution is 6.30. The van der Waals surface area contributed by atoms with Crippen LogP contribution in [-0.2, 0) is 13.0 Å². The summed E-state index contributed by atoms with van der Waals surface area (Å²) in [5, 5.41) is 0.769. The fourth-order valence-electron chi connectivity index (χ4n) is 4.46. The first-order valence-electron chi connectivity index (χ1n) is 10.5. The van der Waals surface area contributed by atoms with Crippen molar-refractivity contribution in [2.24, 2.45) is 0 Å². The maximum Gasteiger partial charge on any atom is 0.0520 e. The molecule has 0 atom stereocenters. The molecule has 5 rings (SSSR count). The first-order valence-corrected chi connectivity index (χ1v) is 10.9. The van der Waals surface area contributed by atoms with Crippen molar-refractivity contribution in [3.05, 3.63) is 94.3 Å². The molecule has 1 aliphatic carbocycles. The van der Waals surface area contributed by atoms with Gasteiger partial charge in [-0.25, -0.2) is 0 Å². The van der Waals surface area contributed by atoms with Gasteiger partial charge in [-0.1, -0.05) is 60.5 Å². The monoisotopic (exact) mass is 400 g/mol. The molecule has 146 valence electrons. The number of nitrogens with zero attached hydrogens (tertiary/aromatic N) is 2. The van der Waals surface area contributed by atoms with Gasteiger partial charge in [0, 0.05) is 35.3 Å². The Morgan fingerprint density at radius 3 is 2.48 bits per heavy atom. The van der Waals surface area contributed by atoms with Gasteiger partial charge in [-0.3, -0.25) is 9.88 Å². The van der Waals surface area contributed by atoms with E-state index in [0.717, 1.165) is 29.2 Å². The van der Waals surface area contributed by atoms with E-state index in [0.29, 0.717) is 0 Å². The van der Waals surface area contributed by atoms with Gasteiger partial charge in [-0.05, 0) is 66.4 Å². The fraction of sp³-hybridized carbons (Fsp3) is 0.269. The van der Waals surface area contributed by atoms with Crippen LogP contribution in [0.1, 0.15) is 41.6 Å². The van der Waals surface area contributed by atoms with Crippen LogP contribution >= 0.6 is 11.6 Å². The van der Waals surface area contributed by atoms with Crippen molar-refractivity contribution in [1.82, 2.24) is 9.88 Å². The second-order valence-corrected chi connectivity index (χ2v) is 8.52. The van der Waals surface area contributed by atoms with Crippen LogP contribution in [0.3, 0.4) is 0 Å². The van der Waals surface area contributed by atoms with Crippen LogP contribution in [0.15, 0.2) is 66.9 Å². The summed E-state index contributed by atoms with van der Waals surface area (Å²) in [6.07, 6.45) is 9.20. The van der Waals surface area contributed by atoms with E-state index in [4.69, 9.17) is 16.6 Å². The third-order valence-corrected chi connectivity index (χ3v) is 6.27. The van der Waals surface area contributed by atoms with E-state index >= 15 is 0 Å². The summed E-state index contributed by atoms with van der Waals surface area (Å²) < 4.78 is 0. The smallest absolute Gasteiger partial charge is 0.0520 e. The van der Waals surface area contributed by atoms with Gasteiger partial charge in [-0.15, -0.1) is 0 Å². The minimum atomic E-state index is 0.769. The third kappa shape index (κ3) is 4.01. The number of hydrogen-bond donors (Lipinski definition) is 0. The molecule has 3 aromatic rings. The lowest BCUT2D eigenvalue weighted by molar-refractivity contribution is 0.221. The van der Waals surface area contributed by atoms with Crippen LogP contribution in [0, 0.1) is 0 Å². The molecule has 29 heavy (non-hydrogen) atoms. The van der Waals surface area contributed by atoms with Gasteiger partial charge in [0.25, 0.3) is 0 Å². The van der Waals surface area contributed by atoms with Crippen LogP contribution in [0.2, 0.25) is 5.02 Å². The summed E-state index contributed by atoms with van der Waals surface area (Å²) in [6.45, 7) is 3.52. The molecule has 0 bridgehead atoms. The van der Waals surface area contributed by atoms with Crippen molar-refractivity contribution in [3.63, 3.8) is 0 Å². The number of pyridine rings is 1. The number of halogens is 1. The maximum atomic E-state index is 6.22. The van der Waals surface area contributed by atoms with E-state index in [9.17, 15) is 0 Å². The molecule has 2 heterocycles. The number of hydrogen-bond acceptors (Lipinski definition) is 2. The third-order valence-electron chi connectivity index (χ3n) is 6.04. The molecule has 1 aromatic heterocycles. The van der Waals surface area contributed by atoms with Gasteiger partial charge < -0.3 is 0 Å². The van der Waals surface area contributed by atoms with Gasteiger partial charge in [-0.2, -0.15) is 0 Å². The van der Waals surface area contributed by atoms with Crippen LogP contribution in [0.25, 0.3) is 16.7 Å². The fourth-order valence-corrected chi connectivity index (χ4v) is 4.65. The summed E-state index contributed by atoms with van der Waals surface area (Å²) in [5.74, 6) is 0. The number of piperidine rings is 1. The van der Waals surface area contributed by atoms with E-state index in [1.807, 2.05) is 24.4 Å². The van der Waals surface area contributed by atoms with E-state index in [1.165, 1.54) is 60.2 Å². The SMILES string of the molecule is Clc1cccc(C2=CCc3ncc(-c4ccc(CN5CCCCC5)cc4)cc32)c1. The van der Waals surface area contributed by atoms with Gasteiger partial charge in [0.2, 0.25) is 0 Å². The van der Waals surface area contributed by atoms with E-state index in [1.54, 1.807) is 0 Å². The standard InChI is InChI=1S/C26H25ClN2/c27-23-6-4-5-21(15-23)24-11-12-26-25(24)16-22(17-28-26)20-9-7-19(8-10-20)18-29-13-2-1-3-14-29/h4-11,15-17H,1-3,12-14,18H2. The quantitative estimate of drug-likeness (QED) is 0.505. The number of benzene rings is 2. The Kier molecular flexibility index (Phi) is 5.22. The van der Waals surface area contributed by atoms with Crippen LogP contribution < -0.4 is 0 Å². The van der Waals surface area contributed by atoms with E-state index in [-0.39, 0.29) is 0 Å². The van der Waals surface area contributed by atoms with Crippen molar-refractivity contribution < 1.29 is 0 Å². The second-order valence-electron chi connectivity index (χ2n) is 8.08. The molecular weight excluding hydrogens is 376 g/mol. The molecule has 0 radical (unpaired) electrons. The predicted molar refractivity (Wildman–Crippen MR) is 121 cm³/mol. The Hall–Kier alpha value is -2.42. The van der Waals surface area contributed by atoms with Gasteiger partial charge in [0.05, 0.1) is 5.69 Å². The van der Waals surface area contributed by atoms with E-state index < -0.39 is 0 Å². The average Bonchev–Trinajstić information content (AvgIpc) is 3.18. The van der Waals surface area contributed by atoms with Crippen LogP contribution in [-0.4, -0.2) is 23.0 Å². The van der Waals surface area contributed by atoms with Crippen LogP contribution in [0.5, 0.6) is 0 Å². The Labute approximate surface area is 177 Å². The zero-order valence-corrected chi connectivity index (χ0v) is 17.3. The molecule has 3 heteroatoms. The lowest BCUT2D eigenvalue weighted by Gasteiger charge is -2.26. The average molecular weight is 401 g/mol. The molecule has 2 nitrogen and oxygen atoms in total. The number of allylic oxidation sites excluding steroid dienone is 1. The van der Waals surface area contributed by atoms with Crippen molar-refractivity contribution in [2.45, 2.75) is 32.2 Å². The number of rotatable bonds is 4. The highest BCUT2D eigenvalue weighted by Gasteiger charge is 2.18. The summed E-state index contributed by atoms with van der Waals surface area (Å²) in [7, 11) is 0. The minimum Gasteiger partial charge on any atom is -0.299 e. The second kappa shape index (κ2) is 8.14. The Morgan fingerprint density at radius 2 is 1.69 bits per heavy atom. The van der Waals surface area contributed by atoms with Gasteiger partial charge in [0.15, 0.2) is 0 Å². The Bertz CT molecular complexity index is 1050. The van der Waals surface area contributed by atoms with Gasteiger partial charge in [0.1, 0.15) is 0 Å². The summed E-state index contributed by atoms with van der Waals surface area (Å²) >= 11 is 6.22. The summed E-state index contributed by atoms with van der Waals surface area (Å²) in [4.78, 5) is 7.32. The van der Waals surface area contributed by atoms with Gasteiger partial charge >= 0.3 is 0 Å². The molecule has 0 saturated carbocycles. The lowest BCUT2D eigenvalue weighted by Crippen LogP contribution is -2.28. The molecule has 0 spiro atoms. The van der Waals surface area contributed by atoms with Crippen molar-refractivity contribution in [2.75, 3.05) is 13.1 Å². The highest BCUT2D eigenvalue weighted by Crippen LogP contribution is 2.35. The molecule has 2 aliphatic rings. The summed E-state index contributed by atoms with van der Waals surface area (Å²) in [5.41, 5.74) is 8.55. The Balaban J connectivity index is 1.38. The molecule has 1 fully saturated rings. The first kappa shape index (κ1) is 18.6. The molecule has 0 unspecified atom stereocenters. The normalized spacial score (nSPS) is 16.5. The lowest BCUT2D eigenvalue weighted by atomic mass is 9.97. The molecule has 2 aromatic carbocycles. The predicted octanol–water partition coefficient (Wildman–Crippen LogP) is 6.38. The highest BCUT2D eigenvalue weighted by atomic mass is 35.5. The number of fused-ring (bicyclic) bond motifs is 1. The maximum absolute atomic E-state index is 6.22. The Morgan fingerprint density at radius 1 is 0.862 bits per heavy atom. The topological polar surface area (TPSA) is 16.1 Å². The minimum absolute atomic E-state index is 0.769. The molecule has 0 N–H and O–H groups in total. The van der Waals surface area contributed by atoms with Crippen LogP contribution in [0.4, 0.5) is 0 Å². The van der Waals surface area contributed by atoms with Crippen molar-refractivity contribution in [3.8, 4) is 11.1 Å². The largest absolute Gasteiger partial charge is 0.299 e. The molecule has 1 saturated heterocycles.